The number of β-amino-alcohol motifs (C(OH)–C–C–N with tert-alkyl or cyclic N) is 1. The van der Waals surface area contributed by atoms with Gasteiger partial charge in [0, 0.05) is 29.1 Å². The molecule has 32 heavy (non-hydrogen) atoms. The van der Waals surface area contributed by atoms with Gasteiger partial charge in [0.25, 0.3) is 5.91 Å². The molecule has 2 atom stereocenters. The fourth-order valence-corrected chi connectivity index (χ4v) is 3.97. The zero-order valence-electron chi connectivity index (χ0n) is 17.4. The second-order valence-corrected chi connectivity index (χ2v) is 7.93. The molecule has 1 fully saturated rings. The number of aryl methyl sites for hydroxylation is 1. The topological polar surface area (TPSA) is 95.9 Å². The summed E-state index contributed by atoms with van der Waals surface area (Å²) in [6, 6.07) is 2.78. The van der Waals surface area contributed by atoms with Gasteiger partial charge in [-0.1, -0.05) is 0 Å². The lowest BCUT2D eigenvalue weighted by Gasteiger charge is -2.25. The van der Waals surface area contributed by atoms with E-state index in [4.69, 9.17) is 4.74 Å². The number of aliphatic hydroxyl groups is 1. The Kier molecular flexibility index (Phi) is 5.53. The van der Waals surface area contributed by atoms with Gasteiger partial charge in [-0.3, -0.25) is 14.5 Å². The maximum atomic E-state index is 13.1. The molecule has 4 rings (SSSR count). The number of nitrogens with zero attached hydrogens (tertiary/aromatic N) is 4. The van der Waals surface area contributed by atoms with Crippen molar-refractivity contribution in [3.63, 3.8) is 0 Å². The van der Waals surface area contributed by atoms with Crippen molar-refractivity contribution < 1.29 is 32.6 Å². The zero-order chi connectivity index (χ0) is 23.2. The lowest BCUT2D eigenvalue weighted by molar-refractivity contribution is -0.154. The number of aromatic nitrogens is 2. The molecule has 2 amide bonds. The van der Waals surface area contributed by atoms with Crippen molar-refractivity contribution in [2.45, 2.75) is 45.1 Å². The Bertz CT molecular complexity index is 1080. The van der Waals surface area contributed by atoms with Crippen LogP contribution in [-0.4, -0.2) is 57.2 Å². The molecule has 2 aromatic heterocycles. The number of halogens is 3. The van der Waals surface area contributed by atoms with E-state index in [9.17, 15) is 27.9 Å². The first kappa shape index (κ1) is 22.0. The number of carbonyl (C=O) groups excluding carboxylic acids is 2. The van der Waals surface area contributed by atoms with Gasteiger partial charge in [0.1, 0.15) is 5.82 Å². The molecule has 0 bridgehead atoms. The van der Waals surface area contributed by atoms with Gasteiger partial charge in [0.15, 0.2) is 6.61 Å². The predicted octanol–water partition coefficient (Wildman–Crippen LogP) is 2.54. The quantitative estimate of drug-likeness (QED) is 0.752. The Morgan fingerprint density at radius 3 is 2.69 bits per heavy atom. The third kappa shape index (κ3) is 4.12. The van der Waals surface area contributed by atoms with Gasteiger partial charge < -0.3 is 14.7 Å². The van der Waals surface area contributed by atoms with E-state index in [2.05, 4.69) is 9.97 Å². The van der Waals surface area contributed by atoms with Gasteiger partial charge >= 0.3 is 6.18 Å². The molecule has 1 N–H and O–H groups in total. The first-order chi connectivity index (χ1) is 15.0. The number of ether oxygens (including phenoxy) is 1. The van der Waals surface area contributed by atoms with E-state index in [-0.39, 0.29) is 37.2 Å². The number of hydrogen-bond acceptors (Lipinski definition) is 6. The van der Waals surface area contributed by atoms with E-state index < -0.39 is 24.9 Å². The number of amides is 2. The van der Waals surface area contributed by atoms with Crippen LogP contribution < -0.4 is 9.64 Å². The third-order valence-corrected chi connectivity index (χ3v) is 5.59. The highest BCUT2D eigenvalue weighted by Gasteiger charge is 2.38. The Morgan fingerprint density at radius 2 is 2.06 bits per heavy atom. The van der Waals surface area contributed by atoms with E-state index in [1.54, 1.807) is 30.9 Å². The van der Waals surface area contributed by atoms with Crippen molar-refractivity contribution in [3.8, 4) is 5.88 Å². The van der Waals surface area contributed by atoms with Crippen molar-refractivity contribution >= 4 is 17.6 Å². The maximum Gasteiger partial charge on any atom is 0.422 e. The molecule has 1 saturated heterocycles. The molecule has 4 heterocycles. The molecule has 0 aromatic carbocycles. The van der Waals surface area contributed by atoms with E-state index in [1.807, 2.05) is 0 Å². The van der Waals surface area contributed by atoms with Crippen LogP contribution in [0.4, 0.5) is 19.0 Å². The summed E-state index contributed by atoms with van der Waals surface area (Å²) in [5, 5.41) is 9.80. The highest BCUT2D eigenvalue weighted by Crippen LogP contribution is 2.36. The van der Waals surface area contributed by atoms with E-state index in [0.717, 1.165) is 0 Å². The van der Waals surface area contributed by atoms with Crippen LogP contribution in [0.1, 0.15) is 46.4 Å². The van der Waals surface area contributed by atoms with Crippen LogP contribution in [0, 0.1) is 6.92 Å². The first-order valence-corrected chi connectivity index (χ1v) is 9.98. The minimum Gasteiger partial charge on any atom is -0.468 e. The Morgan fingerprint density at radius 1 is 1.31 bits per heavy atom. The standard InChI is InChI=1S/C21H21F3N4O4/c1-11-5-13(7-26-19(11)32-10-21(22,23)24)12(2)27-9-16-15(20(27)31)3-4-25-18(16)28-8-14(29)6-17(28)30/h3-5,7,12,14,29H,6,8-10H2,1-2H3/t12?,14-/m0/s1. The monoisotopic (exact) mass is 450 g/mol. The average molecular weight is 450 g/mol. The van der Waals surface area contributed by atoms with Gasteiger partial charge in [-0.25, -0.2) is 9.97 Å². The van der Waals surface area contributed by atoms with Crippen LogP contribution in [0.3, 0.4) is 0 Å². The van der Waals surface area contributed by atoms with E-state index in [0.29, 0.717) is 28.1 Å². The molecular weight excluding hydrogens is 429 g/mol. The number of anilines is 1. The fourth-order valence-electron chi connectivity index (χ4n) is 3.97. The van der Waals surface area contributed by atoms with Crippen molar-refractivity contribution in [3.05, 3.63) is 46.8 Å². The second kappa shape index (κ2) is 8.05. The largest absolute Gasteiger partial charge is 0.468 e. The minimum absolute atomic E-state index is 0.00706. The van der Waals surface area contributed by atoms with Crippen LogP contribution >= 0.6 is 0 Å². The van der Waals surface area contributed by atoms with Crippen molar-refractivity contribution in [1.29, 1.82) is 0 Å². The normalized spacial score (nSPS) is 19.5. The van der Waals surface area contributed by atoms with E-state index in [1.165, 1.54) is 17.3 Å². The molecule has 0 aliphatic carbocycles. The fraction of sp³-hybridized carbons (Fsp3) is 0.429. The average Bonchev–Trinajstić information content (AvgIpc) is 3.24. The maximum absolute atomic E-state index is 13.1. The number of fused-ring (bicyclic) bond motifs is 1. The molecule has 2 aromatic rings. The molecule has 0 saturated carbocycles. The summed E-state index contributed by atoms with van der Waals surface area (Å²) in [4.78, 5) is 36.5. The summed E-state index contributed by atoms with van der Waals surface area (Å²) in [6.45, 7) is 2.25. The SMILES string of the molecule is Cc1cc(C(C)N2Cc3c(ccnc3N3C[C@@H](O)CC3=O)C2=O)cnc1OCC(F)(F)F. The molecular formula is C21H21F3N4O4. The molecule has 170 valence electrons. The second-order valence-electron chi connectivity index (χ2n) is 7.93. The number of carbonyl (C=O) groups is 2. The third-order valence-electron chi connectivity index (χ3n) is 5.59. The number of rotatable bonds is 5. The highest BCUT2D eigenvalue weighted by molar-refractivity contribution is 6.02. The number of hydrogen-bond donors (Lipinski definition) is 1. The summed E-state index contributed by atoms with van der Waals surface area (Å²) >= 11 is 0. The molecule has 11 heteroatoms. The summed E-state index contributed by atoms with van der Waals surface area (Å²) in [6.07, 6.45) is -2.39. The van der Waals surface area contributed by atoms with Crippen molar-refractivity contribution in [1.82, 2.24) is 14.9 Å². The zero-order valence-corrected chi connectivity index (χ0v) is 17.4. The molecule has 0 radical (unpaired) electrons. The van der Waals surface area contributed by atoms with Gasteiger partial charge in [-0.2, -0.15) is 13.2 Å². The molecule has 8 nitrogen and oxygen atoms in total. The highest BCUT2D eigenvalue weighted by atomic mass is 19.4. The Labute approximate surface area is 181 Å². The van der Waals surface area contributed by atoms with Gasteiger partial charge in [0.2, 0.25) is 11.8 Å². The van der Waals surface area contributed by atoms with Gasteiger partial charge in [-0.15, -0.1) is 0 Å². The summed E-state index contributed by atoms with van der Waals surface area (Å²) in [5.41, 5.74) is 2.07. The van der Waals surface area contributed by atoms with Crippen LogP contribution in [0.2, 0.25) is 0 Å². The van der Waals surface area contributed by atoms with Crippen LogP contribution in [0.25, 0.3) is 0 Å². The molecule has 0 spiro atoms. The van der Waals surface area contributed by atoms with Crippen molar-refractivity contribution in [2.24, 2.45) is 0 Å². The molecule has 2 aliphatic heterocycles. The summed E-state index contributed by atoms with van der Waals surface area (Å²) in [7, 11) is 0. The molecule has 2 aliphatic rings. The Hall–Kier alpha value is -3.21. The van der Waals surface area contributed by atoms with Crippen LogP contribution in [0.15, 0.2) is 24.5 Å². The smallest absolute Gasteiger partial charge is 0.422 e. The van der Waals surface area contributed by atoms with Gasteiger partial charge in [-0.05, 0) is 31.5 Å². The first-order valence-electron chi connectivity index (χ1n) is 9.98. The lowest BCUT2D eigenvalue weighted by Crippen LogP contribution is -2.28. The summed E-state index contributed by atoms with van der Waals surface area (Å²) < 4.78 is 42.0. The van der Waals surface area contributed by atoms with Crippen LogP contribution in [0.5, 0.6) is 5.88 Å². The van der Waals surface area contributed by atoms with Gasteiger partial charge in [0.05, 0.1) is 31.7 Å². The minimum atomic E-state index is -4.47. The molecule has 1 unspecified atom stereocenters. The summed E-state index contributed by atoms with van der Waals surface area (Å²) in [5.74, 6) is -0.269. The Balaban J connectivity index is 1.56. The lowest BCUT2D eigenvalue weighted by atomic mass is 10.1. The number of pyridine rings is 2. The number of alkyl halides is 3. The van der Waals surface area contributed by atoms with Crippen LogP contribution in [-0.2, 0) is 11.3 Å². The predicted molar refractivity (Wildman–Crippen MR) is 106 cm³/mol. The van der Waals surface area contributed by atoms with Crippen molar-refractivity contribution in [2.75, 3.05) is 18.1 Å². The van der Waals surface area contributed by atoms with E-state index >= 15 is 0 Å². The number of aliphatic hydroxyl groups excluding tert-OH is 1.